The molecular formula is C28H25F3N2O3. The topological polar surface area (TPSA) is 58.7 Å². The van der Waals surface area contributed by atoms with Gasteiger partial charge >= 0.3 is 6.36 Å². The second-order valence-corrected chi connectivity index (χ2v) is 9.49. The largest absolute Gasteiger partial charge is 0.573 e. The maximum atomic E-state index is 12.7. The molecule has 3 aromatic carbocycles. The van der Waals surface area contributed by atoms with E-state index in [0.29, 0.717) is 35.9 Å². The van der Waals surface area contributed by atoms with Gasteiger partial charge in [0.25, 0.3) is 0 Å². The van der Waals surface area contributed by atoms with Crippen LogP contribution in [0, 0.1) is 5.41 Å². The van der Waals surface area contributed by atoms with Crippen LogP contribution in [-0.2, 0) is 5.60 Å². The zero-order chi connectivity index (χ0) is 25.6. The Bertz CT molecular complexity index is 1350. The van der Waals surface area contributed by atoms with Crippen molar-refractivity contribution in [2.45, 2.75) is 18.9 Å². The van der Waals surface area contributed by atoms with E-state index < -0.39 is 17.4 Å². The van der Waals surface area contributed by atoms with Gasteiger partial charge in [-0.1, -0.05) is 55.5 Å². The molecule has 1 aliphatic heterocycles. The molecule has 5 rings (SSSR count). The lowest BCUT2D eigenvalue weighted by Gasteiger charge is -2.56. The minimum absolute atomic E-state index is 0.340. The fraction of sp³-hybridized carbons (Fsp3) is 0.250. The highest BCUT2D eigenvalue weighted by Gasteiger charge is 2.55. The maximum Gasteiger partial charge on any atom is 0.573 e. The van der Waals surface area contributed by atoms with Crippen molar-refractivity contribution in [3.63, 3.8) is 0 Å². The van der Waals surface area contributed by atoms with Crippen molar-refractivity contribution >= 4 is 0 Å². The van der Waals surface area contributed by atoms with E-state index in [2.05, 4.69) is 14.6 Å². The van der Waals surface area contributed by atoms with Gasteiger partial charge in [0.05, 0.1) is 6.20 Å². The molecule has 36 heavy (non-hydrogen) atoms. The SMILES string of the molecule is CN1CC(C)(C(O)(c2ccc(OC(F)(F)F)cc2)c2cccc(-c3cnc(-c4ccccc4)o3)c2)C1. The third-order valence-corrected chi connectivity index (χ3v) is 6.71. The maximum absolute atomic E-state index is 12.7. The second-order valence-electron chi connectivity index (χ2n) is 9.49. The molecule has 1 unspecified atom stereocenters. The zero-order valence-corrected chi connectivity index (χ0v) is 19.8. The summed E-state index contributed by atoms with van der Waals surface area (Å²) < 4.78 is 48.0. The molecule has 1 saturated heterocycles. The predicted octanol–water partition coefficient (Wildman–Crippen LogP) is 6.09. The highest BCUT2D eigenvalue weighted by atomic mass is 19.4. The number of hydrogen-bond acceptors (Lipinski definition) is 5. The molecule has 0 saturated carbocycles. The molecule has 1 fully saturated rings. The lowest BCUT2D eigenvalue weighted by molar-refractivity contribution is -0.274. The molecule has 0 aliphatic carbocycles. The van der Waals surface area contributed by atoms with Gasteiger partial charge in [-0.2, -0.15) is 0 Å². The highest BCUT2D eigenvalue weighted by molar-refractivity contribution is 5.62. The average Bonchev–Trinajstić information content (AvgIpc) is 3.33. The van der Waals surface area contributed by atoms with Crippen molar-refractivity contribution < 1.29 is 27.4 Å². The van der Waals surface area contributed by atoms with Crippen LogP contribution >= 0.6 is 0 Å². The Morgan fingerprint density at radius 3 is 2.22 bits per heavy atom. The number of likely N-dealkylation sites (tertiary alicyclic amines) is 1. The van der Waals surface area contributed by atoms with Crippen LogP contribution in [0.4, 0.5) is 13.2 Å². The first-order valence-corrected chi connectivity index (χ1v) is 11.5. The molecule has 1 aromatic heterocycles. The van der Waals surface area contributed by atoms with E-state index in [4.69, 9.17) is 4.42 Å². The summed E-state index contributed by atoms with van der Waals surface area (Å²) in [7, 11) is 1.96. The molecule has 5 nitrogen and oxygen atoms in total. The first kappa shape index (κ1) is 24.1. The van der Waals surface area contributed by atoms with E-state index in [9.17, 15) is 18.3 Å². The fourth-order valence-electron chi connectivity index (χ4n) is 5.15. The molecule has 8 heteroatoms. The van der Waals surface area contributed by atoms with Crippen molar-refractivity contribution in [3.8, 4) is 28.5 Å². The van der Waals surface area contributed by atoms with Crippen molar-refractivity contribution in [3.05, 3.63) is 96.2 Å². The Labute approximate surface area is 206 Å². The van der Waals surface area contributed by atoms with E-state index in [1.54, 1.807) is 6.20 Å². The molecule has 1 aliphatic rings. The van der Waals surface area contributed by atoms with Crippen LogP contribution in [0.2, 0.25) is 0 Å². The summed E-state index contributed by atoms with van der Waals surface area (Å²) in [6.45, 7) is 3.19. The quantitative estimate of drug-likeness (QED) is 0.351. The standard InChI is InChI=1S/C28H25F3N2O3/c1-26(17-33(2)18-26)27(34,21-11-13-23(14-12-21)36-28(29,30)31)22-10-6-9-20(15-22)24-16-32-25(35-24)19-7-4-3-5-8-19/h3-16,34H,17-18H2,1-2H3. The number of rotatable bonds is 6. The number of ether oxygens (including phenoxy) is 1. The normalized spacial score (nSPS) is 17.3. The summed E-state index contributed by atoms with van der Waals surface area (Å²) in [5.74, 6) is 0.690. The highest BCUT2D eigenvalue weighted by Crippen LogP contribution is 2.50. The molecule has 0 spiro atoms. The third kappa shape index (κ3) is 4.38. The van der Waals surface area contributed by atoms with Gasteiger partial charge in [-0.15, -0.1) is 13.2 Å². The van der Waals surface area contributed by atoms with Gasteiger partial charge in [-0.05, 0) is 48.5 Å². The van der Waals surface area contributed by atoms with E-state index in [1.165, 1.54) is 24.3 Å². The molecule has 4 aromatic rings. The Hall–Kier alpha value is -3.62. The van der Waals surface area contributed by atoms with E-state index in [1.807, 2.05) is 68.6 Å². The van der Waals surface area contributed by atoms with Crippen LogP contribution in [0.15, 0.2) is 89.5 Å². The number of hydrogen-bond donors (Lipinski definition) is 1. The van der Waals surface area contributed by atoms with Gasteiger partial charge in [0, 0.05) is 29.6 Å². The summed E-state index contributed by atoms with van der Waals surface area (Å²) in [5, 5.41) is 12.3. The number of aliphatic hydroxyl groups is 1. The van der Waals surface area contributed by atoms with Gasteiger partial charge in [-0.25, -0.2) is 4.98 Å². The number of alkyl halides is 3. The molecule has 186 valence electrons. The van der Waals surface area contributed by atoms with Crippen LogP contribution in [0.3, 0.4) is 0 Å². The van der Waals surface area contributed by atoms with Gasteiger partial charge in [0.2, 0.25) is 5.89 Å². The summed E-state index contributed by atoms with van der Waals surface area (Å²) in [6.07, 6.45) is -3.15. The first-order valence-electron chi connectivity index (χ1n) is 11.5. The van der Waals surface area contributed by atoms with Crippen LogP contribution in [0.25, 0.3) is 22.8 Å². The van der Waals surface area contributed by atoms with Crippen LogP contribution in [-0.4, -0.2) is 41.5 Å². The molecule has 1 atom stereocenters. The van der Waals surface area contributed by atoms with Crippen molar-refractivity contribution in [1.29, 1.82) is 0 Å². The van der Waals surface area contributed by atoms with E-state index in [-0.39, 0.29) is 5.75 Å². The number of halogens is 3. The number of benzene rings is 3. The third-order valence-electron chi connectivity index (χ3n) is 6.71. The molecule has 1 N–H and O–H groups in total. The second kappa shape index (κ2) is 8.80. The van der Waals surface area contributed by atoms with Gasteiger partial charge in [-0.3, -0.25) is 0 Å². The Kier molecular flexibility index (Phi) is 5.89. The van der Waals surface area contributed by atoms with Crippen LogP contribution in [0.1, 0.15) is 18.1 Å². The fourth-order valence-corrected chi connectivity index (χ4v) is 5.15. The lowest BCUT2D eigenvalue weighted by Crippen LogP contribution is -2.63. The Balaban J connectivity index is 1.54. The lowest BCUT2D eigenvalue weighted by atomic mass is 9.62. The summed E-state index contributed by atoms with van der Waals surface area (Å²) >= 11 is 0. The summed E-state index contributed by atoms with van der Waals surface area (Å²) in [6, 6.07) is 22.3. The molecular weight excluding hydrogens is 469 g/mol. The summed E-state index contributed by atoms with van der Waals surface area (Å²) in [4.78, 5) is 6.48. The van der Waals surface area contributed by atoms with Gasteiger partial charge < -0.3 is 19.2 Å². The average molecular weight is 495 g/mol. The summed E-state index contributed by atoms with van der Waals surface area (Å²) in [5.41, 5.74) is 0.611. The van der Waals surface area contributed by atoms with Gasteiger partial charge in [0.1, 0.15) is 11.4 Å². The molecule has 0 radical (unpaired) electrons. The first-order chi connectivity index (χ1) is 17.1. The molecule has 0 bridgehead atoms. The molecule has 0 amide bonds. The number of nitrogens with zero attached hydrogens (tertiary/aromatic N) is 2. The van der Waals surface area contributed by atoms with Crippen LogP contribution < -0.4 is 4.74 Å². The number of oxazole rings is 1. The van der Waals surface area contributed by atoms with Crippen molar-refractivity contribution in [2.24, 2.45) is 5.41 Å². The van der Waals surface area contributed by atoms with E-state index >= 15 is 0 Å². The van der Waals surface area contributed by atoms with Crippen LogP contribution in [0.5, 0.6) is 5.75 Å². The zero-order valence-electron chi connectivity index (χ0n) is 19.8. The molecule has 2 heterocycles. The smallest absolute Gasteiger partial charge is 0.436 e. The van der Waals surface area contributed by atoms with Crippen molar-refractivity contribution in [2.75, 3.05) is 20.1 Å². The number of aromatic nitrogens is 1. The monoisotopic (exact) mass is 494 g/mol. The minimum Gasteiger partial charge on any atom is -0.436 e. The predicted molar refractivity (Wildman–Crippen MR) is 129 cm³/mol. The van der Waals surface area contributed by atoms with E-state index in [0.717, 1.165) is 11.1 Å². The Morgan fingerprint density at radius 1 is 0.917 bits per heavy atom. The minimum atomic E-state index is -4.79. The van der Waals surface area contributed by atoms with Crippen molar-refractivity contribution in [1.82, 2.24) is 9.88 Å². The Morgan fingerprint density at radius 2 is 1.58 bits per heavy atom. The van der Waals surface area contributed by atoms with Gasteiger partial charge in [0.15, 0.2) is 5.76 Å².